The number of ether oxygens (including phenoxy) is 1. The maximum Gasteiger partial charge on any atom is 0.407 e. The van der Waals surface area contributed by atoms with Crippen molar-refractivity contribution in [2.75, 3.05) is 0 Å². The second-order valence-corrected chi connectivity index (χ2v) is 6.09. The summed E-state index contributed by atoms with van der Waals surface area (Å²) in [6.45, 7) is 10.4. The number of alkyl carbamates (subject to hydrolysis) is 1. The second kappa shape index (κ2) is 7.29. The van der Waals surface area contributed by atoms with Crippen LogP contribution in [0.15, 0.2) is 30.3 Å². The van der Waals surface area contributed by atoms with Gasteiger partial charge in [-0.05, 0) is 40.2 Å². The zero-order chi connectivity index (χ0) is 15.2. The molecule has 1 aromatic carbocycles. The summed E-state index contributed by atoms with van der Waals surface area (Å²) in [4.78, 5) is 11.7. The molecule has 20 heavy (non-hydrogen) atoms. The average Bonchev–Trinajstić information content (AvgIpc) is 2.34. The Labute approximate surface area is 121 Å². The van der Waals surface area contributed by atoms with Crippen LogP contribution < -0.4 is 10.6 Å². The van der Waals surface area contributed by atoms with E-state index in [1.807, 2.05) is 52.8 Å². The third kappa shape index (κ3) is 6.57. The van der Waals surface area contributed by atoms with Gasteiger partial charge in [0.1, 0.15) is 5.60 Å². The first kappa shape index (κ1) is 16.5. The fourth-order valence-electron chi connectivity index (χ4n) is 1.67. The zero-order valence-corrected chi connectivity index (χ0v) is 13.1. The molecule has 0 aliphatic heterocycles. The number of hydrogen-bond acceptors (Lipinski definition) is 3. The number of carbonyl (C=O) groups is 1. The summed E-state index contributed by atoms with van der Waals surface area (Å²) in [6.07, 6.45) is -0.377. The van der Waals surface area contributed by atoms with E-state index in [2.05, 4.69) is 22.8 Å². The van der Waals surface area contributed by atoms with Crippen LogP contribution in [0.3, 0.4) is 0 Å². The fourth-order valence-corrected chi connectivity index (χ4v) is 1.67. The Morgan fingerprint density at radius 2 is 1.75 bits per heavy atom. The maximum absolute atomic E-state index is 11.7. The van der Waals surface area contributed by atoms with E-state index >= 15 is 0 Å². The number of amides is 1. The van der Waals surface area contributed by atoms with Gasteiger partial charge in [0.25, 0.3) is 0 Å². The summed E-state index contributed by atoms with van der Waals surface area (Å²) in [5, 5.41) is 6.25. The van der Waals surface area contributed by atoms with Crippen LogP contribution in [0.5, 0.6) is 0 Å². The van der Waals surface area contributed by atoms with Crippen LogP contribution in [0.25, 0.3) is 0 Å². The second-order valence-electron chi connectivity index (χ2n) is 6.09. The molecule has 112 valence electrons. The molecule has 0 spiro atoms. The van der Waals surface area contributed by atoms with Crippen molar-refractivity contribution >= 4 is 6.09 Å². The molecule has 0 bridgehead atoms. The quantitative estimate of drug-likeness (QED) is 0.870. The largest absolute Gasteiger partial charge is 0.444 e. The lowest BCUT2D eigenvalue weighted by Crippen LogP contribution is -2.47. The van der Waals surface area contributed by atoms with Crippen molar-refractivity contribution in [3.05, 3.63) is 35.9 Å². The number of benzene rings is 1. The molecule has 0 fully saturated rings. The Hall–Kier alpha value is -1.55. The lowest BCUT2D eigenvalue weighted by molar-refractivity contribution is 0.0499. The van der Waals surface area contributed by atoms with E-state index < -0.39 is 5.60 Å². The maximum atomic E-state index is 11.7. The SMILES string of the molecule is C[C@H](NCc1ccccc1)[C@H](C)NC(=O)OC(C)(C)C. The van der Waals surface area contributed by atoms with Crippen LogP contribution in [0.2, 0.25) is 0 Å². The van der Waals surface area contributed by atoms with Gasteiger partial charge in [-0.3, -0.25) is 0 Å². The number of rotatable bonds is 5. The summed E-state index contributed by atoms with van der Waals surface area (Å²) in [6, 6.07) is 10.3. The van der Waals surface area contributed by atoms with Gasteiger partial charge in [0.15, 0.2) is 0 Å². The minimum atomic E-state index is -0.468. The average molecular weight is 278 g/mol. The molecule has 2 atom stereocenters. The topological polar surface area (TPSA) is 50.4 Å². The van der Waals surface area contributed by atoms with Gasteiger partial charge < -0.3 is 15.4 Å². The lowest BCUT2D eigenvalue weighted by Gasteiger charge is -2.25. The molecular formula is C16H26N2O2. The standard InChI is InChI=1S/C16H26N2O2/c1-12(17-11-14-9-7-6-8-10-14)13(2)18-15(19)20-16(3,4)5/h6-10,12-13,17H,11H2,1-5H3,(H,18,19)/t12-,13-/m0/s1. The fraction of sp³-hybridized carbons (Fsp3) is 0.562. The van der Waals surface area contributed by atoms with Crippen LogP contribution >= 0.6 is 0 Å². The molecule has 4 nitrogen and oxygen atoms in total. The van der Waals surface area contributed by atoms with E-state index in [0.29, 0.717) is 0 Å². The van der Waals surface area contributed by atoms with Gasteiger partial charge in [-0.1, -0.05) is 30.3 Å². The molecule has 2 N–H and O–H groups in total. The van der Waals surface area contributed by atoms with E-state index in [4.69, 9.17) is 4.74 Å². The highest BCUT2D eigenvalue weighted by Crippen LogP contribution is 2.07. The van der Waals surface area contributed by atoms with E-state index in [0.717, 1.165) is 6.54 Å². The highest BCUT2D eigenvalue weighted by molar-refractivity contribution is 5.68. The van der Waals surface area contributed by atoms with Crippen molar-refractivity contribution in [3.63, 3.8) is 0 Å². The first-order valence-corrected chi connectivity index (χ1v) is 7.05. The highest BCUT2D eigenvalue weighted by atomic mass is 16.6. The van der Waals surface area contributed by atoms with Crippen molar-refractivity contribution in [1.82, 2.24) is 10.6 Å². The van der Waals surface area contributed by atoms with Gasteiger partial charge in [0, 0.05) is 18.6 Å². The van der Waals surface area contributed by atoms with Crippen LogP contribution in [0.4, 0.5) is 4.79 Å². The molecule has 0 saturated carbocycles. The Balaban J connectivity index is 2.35. The van der Waals surface area contributed by atoms with Gasteiger partial charge in [-0.2, -0.15) is 0 Å². The van der Waals surface area contributed by atoms with E-state index in [9.17, 15) is 4.79 Å². The van der Waals surface area contributed by atoms with E-state index in [1.54, 1.807) is 0 Å². The van der Waals surface area contributed by atoms with Gasteiger partial charge in [-0.25, -0.2) is 4.79 Å². The first-order valence-electron chi connectivity index (χ1n) is 7.05. The molecule has 0 aliphatic carbocycles. The molecule has 1 rings (SSSR count). The van der Waals surface area contributed by atoms with Crippen LogP contribution in [0.1, 0.15) is 40.2 Å². The van der Waals surface area contributed by atoms with E-state index in [-0.39, 0.29) is 18.2 Å². The van der Waals surface area contributed by atoms with Crippen LogP contribution in [-0.4, -0.2) is 23.8 Å². The third-order valence-electron chi connectivity index (χ3n) is 2.97. The number of carbonyl (C=O) groups excluding carboxylic acids is 1. The first-order chi connectivity index (χ1) is 9.28. The summed E-state index contributed by atoms with van der Waals surface area (Å²) in [5.41, 5.74) is 0.758. The lowest BCUT2D eigenvalue weighted by atomic mass is 10.1. The van der Waals surface area contributed by atoms with Crippen molar-refractivity contribution in [1.29, 1.82) is 0 Å². The smallest absolute Gasteiger partial charge is 0.407 e. The molecule has 4 heteroatoms. The molecule has 1 aromatic rings. The predicted molar refractivity (Wildman–Crippen MR) is 81.6 cm³/mol. The van der Waals surface area contributed by atoms with Gasteiger partial charge >= 0.3 is 6.09 Å². The number of nitrogens with one attached hydrogen (secondary N) is 2. The van der Waals surface area contributed by atoms with Crippen molar-refractivity contribution in [2.45, 2.75) is 58.8 Å². The minimum Gasteiger partial charge on any atom is -0.444 e. The summed E-state index contributed by atoms with van der Waals surface area (Å²) < 4.78 is 5.24. The Morgan fingerprint density at radius 3 is 2.30 bits per heavy atom. The normalized spacial score (nSPS) is 14.4. The van der Waals surface area contributed by atoms with Crippen molar-refractivity contribution in [2.24, 2.45) is 0 Å². The summed E-state index contributed by atoms with van der Waals surface area (Å²) >= 11 is 0. The van der Waals surface area contributed by atoms with Crippen LogP contribution in [-0.2, 0) is 11.3 Å². The number of hydrogen-bond donors (Lipinski definition) is 2. The Kier molecular flexibility index (Phi) is 6.02. The molecule has 0 aliphatic rings. The molecule has 1 amide bonds. The van der Waals surface area contributed by atoms with Crippen molar-refractivity contribution < 1.29 is 9.53 Å². The van der Waals surface area contributed by atoms with Crippen LogP contribution in [0, 0.1) is 0 Å². The molecule has 0 heterocycles. The Bertz CT molecular complexity index is 412. The molecule has 0 aromatic heterocycles. The van der Waals surface area contributed by atoms with Crippen molar-refractivity contribution in [3.8, 4) is 0 Å². The van der Waals surface area contributed by atoms with Gasteiger partial charge in [-0.15, -0.1) is 0 Å². The molecule has 0 radical (unpaired) electrons. The monoisotopic (exact) mass is 278 g/mol. The highest BCUT2D eigenvalue weighted by Gasteiger charge is 2.20. The van der Waals surface area contributed by atoms with Gasteiger partial charge in [0.05, 0.1) is 0 Å². The molecular weight excluding hydrogens is 252 g/mol. The van der Waals surface area contributed by atoms with E-state index in [1.165, 1.54) is 5.56 Å². The molecule has 0 saturated heterocycles. The van der Waals surface area contributed by atoms with Gasteiger partial charge in [0.2, 0.25) is 0 Å². The summed E-state index contributed by atoms with van der Waals surface area (Å²) in [5.74, 6) is 0. The zero-order valence-electron chi connectivity index (χ0n) is 13.1. The molecule has 0 unspecified atom stereocenters. The predicted octanol–water partition coefficient (Wildman–Crippen LogP) is 3.08. The third-order valence-corrected chi connectivity index (χ3v) is 2.97. The minimum absolute atomic E-state index is 0.00596. The summed E-state index contributed by atoms with van der Waals surface area (Å²) in [7, 11) is 0. The Morgan fingerprint density at radius 1 is 1.15 bits per heavy atom.